The SMILES string of the molecule is c1ccc(-c2nnn(-c3cncc(-c4ccc5c(c4)OCO5)c3)n2)nc1. The van der Waals surface area contributed by atoms with Gasteiger partial charge in [0.05, 0.1) is 6.20 Å². The van der Waals surface area contributed by atoms with Crippen molar-refractivity contribution in [1.82, 2.24) is 30.2 Å². The van der Waals surface area contributed by atoms with Crippen LogP contribution in [0.4, 0.5) is 0 Å². The molecule has 3 aromatic heterocycles. The van der Waals surface area contributed by atoms with Crippen LogP contribution in [-0.4, -0.2) is 37.0 Å². The van der Waals surface area contributed by atoms with Gasteiger partial charge in [0.25, 0.3) is 0 Å². The van der Waals surface area contributed by atoms with Gasteiger partial charge in [0.2, 0.25) is 12.6 Å². The lowest BCUT2D eigenvalue weighted by molar-refractivity contribution is 0.174. The number of pyridine rings is 2. The zero-order chi connectivity index (χ0) is 17.3. The molecule has 0 fully saturated rings. The quantitative estimate of drug-likeness (QED) is 0.564. The molecule has 0 saturated carbocycles. The minimum Gasteiger partial charge on any atom is -0.454 e. The number of tetrazole rings is 1. The predicted molar refractivity (Wildman–Crippen MR) is 91.7 cm³/mol. The van der Waals surface area contributed by atoms with Crippen LogP contribution in [0.1, 0.15) is 0 Å². The minimum absolute atomic E-state index is 0.246. The highest BCUT2D eigenvalue weighted by Crippen LogP contribution is 2.35. The van der Waals surface area contributed by atoms with E-state index in [9.17, 15) is 0 Å². The molecule has 5 rings (SSSR count). The van der Waals surface area contributed by atoms with Crippen LogP contribution >= 0.6 is 0 Å². The van der Waals surface area contributed by atoms with Crippen molar-refractivity contribution in [3.8, 4) is 39.8 Å². The lowest BCUT2D eigenvalue weighted by Crippen LogP contribution is -2.00. The number of hydrogen-bond acceptors (Lipinski definition) is 7. The zero-order valence-electron chi connectivity index (χ0n) is 13.5. The third-order valence-corrected chi connectivity index (χ3v) is 3.97. The third kappa shape index (κ3) is 2.53. The van der Waals surface area contributed by atoms with Gasteiger partial charge in [0.1, 0.15) is 11.4 Å². The highest BCUT2D eigenvalue weighted by molar-refractivity contribution is 5.68. The van der Waals surface area contributed by atoms with Crippen molar-refractivity contribution < 1.29 is 9.47 Å². The van der Waals surface area contributed by atoms with Gasteiger partial charge in [-0.2, -0.15) is 0 Å². The Morgan fingerprint density at radius 1 is 0.923 bits per heavy atom. The van der Waals surface area contributed by atoms with E-state index in [0.29, 0.717) is 17.2 Å². The maximum absolute atomic E-state index is 5.44. The smallest absolute Gasteiger partial charge is 0.231 e. The average Bonchev–Trinajstić information content (AvgIpc) is 3.38. The highest BCUT2D eigenvalue weighted by Gasteiger charge is 2.15. The van der Waals surface area contributed by atoms with E-state index in [2.05, 4.69) is 25.4 Å². The molecule has 8 heteroatoms. The topological polar surface area (TPSA) is 87.8 Å². The highest BCUT2D eigenvalue weighted by atomic mass is 16.7. The van der Waals surface area contributed by atoms with Crippen LogP contribution < -0.4 is 9.47 Å². The number of hydrogen-bond donors (Lipinski definition) is 0. The van der Waals surface area contributed by atoms with Gasteiger partial charge >= 0.3 is 0 Å². The van der Waals surface area contributed by atoms with Gasteiger partial charge < -0.3 is 9.47 Å². The third-order valence-electron chi connectivity index (χ3n) is 3.97. The summed E-state index contributed by atoms with van der Waals surface area (Å²) in [6, 6.07) is 13.3. The molecule has 0 amide bonds. The molecule has 26 heavy (non-hydrogen) atoms. The molecule has 8 nitrogen and oxygen atoms in total. The summed E-state index contributed by atoms with van der Waals surface area (Å²) in [6.45, 7) is 0.246. The number of ether oxygens (including phenoxy) is 2. The molecule has 4 heterocycles. The van der Waals surface area contributed by atoms with Crippen LogP contribution in [0.5, 0.6) is 11.5 Å². The number of benzene rings is 1. The summed E-state index contributed by atoms with van der Waals surface area (Å²) >= 11 is 0. The van der Waals surface area contributed by atoms with Crippen LogP contribution in [-0.2, 0) is 0 Å². The number of nitrogens with zero attached hydrogens (tertiary/aromatic N) is 6. The lowest BCUT2D eigenvalue weighted by atomic mass is 10.1. The van der Waals surface area contributed by atoms with E-state index in [0.717, 1.165) is 22.6 Å². The van der Waals surface area contributed by atoms with Gasteiger partial charge in [0, 0.05) is 18.0 Å². The average molecular weight is 344 g/mol. The van der Waals surface area contributed by atoms with Crippen molar-refractivity contribution in [2.24, 2.45) is 0 Å². The maximum Gasteiger partial charge on any atom is 0.231 e. The van der Waals surface area contributed by atoms with Crippen molar-refractivity contribution in [1.29, 1.82) is 0 Å². The Morgan fingerprint density at radius 2 is 1.88 bits per heavy atom. The van der Waals surface area contributed by atoms with Gasteiger partial charge in [-0.05, 0) is 41.1 Å². The number of aromatic nitrogens is 6. The van der Waals surface area contributed by atoms with Crippen molar-refractivity contribution in [3.05, 3.63) is 61.1 Å². The second-order valence-corrected chi connectivity index (χ2v) is 5.62. The maximum atomic E-state index is 5.44. The van der Waals surface area contributed by atoms with Crippen molar-refractivity contribution >= 4 is 0 Å². The second kappa shape index (κ2) is 5.92. The van der Waals surface area contributed by atoms with Crippen molar-refractivity contribution in [2.45, 2.75) is 0 Å². The molecule has 4 aromatic rings. The number of rotatable bonds is 3. The summed E-state index contributed by atoms with van der Waals surface area (Å²) in [7, 11) is 0. The first kappa shape index (κ1) is 14.5. The molecule has 0 N–H and O–H groups in total. The fourth-order valence-electron chi connectivity index (χ4n) is 2.69. The predicted octanol–water partition coefficient (Wildman–Crippen LogP) is 2.51. The van der Waals surface area contributed by atoms with Gasteiger partial charge in [-0.25, -0.2) is 0 Å². The largest absolute Gasteiger partial charge is 0.454 e. The fraction of sp³-hybridized carbons (Fsp3) is 0.0556. The second-order valence-electron chi connectivity index (χ2n) is 5.62. The molecular weight excluding hydrogens is 332 g/mol. The summed E-state index contributed by atoms with van der Waals surface area (Å²) < 4.78 is 10.8. The first-order valence-electron chi connectivity index (χ1n) is 7.94. The summed E-state index contributed by atoms with van der Waals surface area (Å²) in [5.41, 5.74) is 3.25. The van der Waals surface area contributed by atoms with Crippen LogP contribution in [0.25, 0.3) is 28.3 Å². The van der Waals surface area contributed by atoms with E-state index in [1.807, 2.05) is 42.5 Å². The van der Waals surface area contributed by atoms with Crippen LogP contribution in [0, 0.1) is 0 Å². The summed E-state index contributed by atoms with van der Waals surface area (Å²) in [5, 5.41) is 12.6. The Kier molecular flexibility index (Phi) is 3.31. The number of fused-ring (bicyclic) bond motifs is 1. The Balaban J connectivity index is 1.50. The normalized spacial score (nSPS) is 12.3. The van der Waals surface area contributed by atoms with Gasteiger partial charge in [-0.1, -0.05) is 12.1 Å². The van der Waals surface area contributed by atoms with E-state index in [1.165, 1.54) is 4.80 Å². The molecule has 1 aliphatic heterocycles. The molecule has 126 valence electrons. The van der Waals surface area contributed by atoms with Crippen LogP contribution in [0.3, 0.4) is 0 Å². The van der Waals surface area contributed by atoms with Gasteiger partial charge in [-0.3, -0.25) is 9.97 Å². The minimum atomic E-state index is 0.246. The summed E-state index contributed by atoms with van der Waals surface area (Å²) in [6.07, 6.45) is 5.15. The lowest BCUT2D eigenvalue weighted by Gasteiger charge is -2.05. The van der Waals surface area contributed by atoms with Crippen LogP contribution in [0.15, 0.2) is 61.1 Å². The monoisotopic (exact) mass is 344 g/mol. The standard InChI is InChI=1S/C18H12N6O2/c1-2-6-20-15(3-1)18-21-23-24(22-18)14-7-13(9-19-10-14)12-4-5-16-17(8-12)26-11-25-16/h1-10H,11H2. The van der Waals surface area contributed by atoms with Crippen molar-refractivity contribution in [2.75, 3.05) is 6.79 Å². The van der Waals surface area contributed by atoms with Crippen LogP contribution in [0.2, 0.25) is 0 Å². The van der Waals surface area contributed by atoms with Gasteiger partial charge in [0.15, 0.2) is 11.5 Å². The summed E-state index contributed by atoms with van der Waals surface area (Å²) in [4.78, 5) is 9.97. The Labute approximate surface area is 148 Å². The first-order valence-corrected chi connectivity index (χ1v) is 7.94. The van der Waals surface area contributed by atoms with Gasteiger partial charge in [-0.15, -0.1) is 15.0 Å². The van der Waals surface area contributed by atoms with E-state index in [1.54, 1.807) is 18.6 Å². The fourth-order valence-corrected chi connectivity index (χ4v) is 2.69. The van der Waals surface area contributed by atoms with Crippen molar-refractivity contribution in [3.63, 3.8) is 0 Å². The molecule has 1 aliphatic rings. The van der Waals surface area contributed by atoms with E-state index in [4.69, 9.17) is 9.47 Å². The molecule has 0 unspecified atom stereocenters. The molecule has 0 atom stereocenters. The zero-order valence-corrected chi connectivity index (χ0v) is 13.5. The van der Waals surface area contributed by atoms with E-state index in [-0.39, 0.29) is 6.79 Å². The molecular formula is C18H12N6O2. The molecule has 0 bridgehead atoms. The summed E-state index contributed by atoms with van der Waals surface area (Å²) in [5.74, 6) is 1.93. The Bertz CT molecular complexity index is 1080. The Morgan fingerprint density at radius 3 is 2.81 bits per heavy atom. The molecule has 0 saturated heterocycles. The Hall–Kier alpha value is -3.81. The molecule has 1 aromatic carbocycles. The molecule has 0 aliphatic carbocycles. The first-order chi connectivity index (χ1) is 12.9. The molecule has 0 spiro atoms. The van der Waals surface area contributed by atoms with E-state index >= 15 is 0 Å². The molecule has 0 radical (unpaired) electrons. The van der Waals surface area contributed by atoms with E-state index < -0.39 is 0 Å².